The maximum Gasteiger partial charge on any atom is 0.191 e. The van der Waals surface area contributed by atoms with Crippen molar-refractivity contribution in [2.45, 2.75) is 33.4 Å². The van der Waals surface area contributed by atoms with Crippen LogP contribution in [0, 0.1) is 13.8 Å². The van der Waals surface area contributed by atoms with Crippen LogP contribution in [0.4, 0.5) is 0 Å². The van der Waals surface area contributed by atoms with Crippen molar-refractivity contribution >= 4 is 5.96 Å². The highest BCUT2D eigenvalue weighted by atomic mass is 15.3. The molecular formula is C15H25N7. The Labute approximate surface area is 131 Å². The fourth-order valence-electron chi connectivity index (χ4n) is 2.35. The van der Waals surface area contributed by atoms with E-state index in [0.29, 0.717) is 0 Å². The van der Waals surface area contributed by atoms with E-state index in [1.165, 1.54) is 11.3 Å². The summed E-state index contributed by atoms with van der Waals surface area (Å²) < 4.78 is 3.84. The van der Waals surface area contributed by atoms with E-state index in [4.69, 9.17) is 0 Å². The van der Waals surface area contributed by atoms with Crippen LogP contribution >= 0.6 is 0 Å². The van der Waals surface area contributed by atoms with Crippen molar-refractivity contribution in [3.63, 3.8) is 0 Å². The first-order chi connectivity index (χ1) is 10.6. The van der Waals surface area contributed by atoms with Crippen molar-refractivity contribution in [3.8, 4) is 0 Å². The summed E-state index contributed by atoms with van der Waals surface area (Å²) in [5.41, 5.74) is 3.46. The van der Waals surface area contributed by atoms with E-state index in [1.54, 1.807) is 13.2 Å². The maximum atomic E-state index is 4.42. The Balaban J connectivity index is 1.75. The van der Waals surface area contributed by atoms with Crippen molar-refractivity contribution in [1.29, 1.82) is 0 Å². The molecule has 0 spiro atoms. The predicted molar refractivity (Wildman–Crippen MR) is 87.7 cm³/mol. The van der Waals surface area contributed by atoms with Crippen molar-refractivity contribution in [1.82, 2.24) is 30.2 Å². The molecule has 0 aromatic carbocycles. The van der Waals surface area contributed by atoms with Gasteiger partial charge in [0, 0.05) is 57.4 Å². The SMILES string of the molecule is CN=C(NCCCn1cccn1)NCc1c(C)nn(C)c1C. The molecule has 0 aliphatic rings. The van der Waals surface area contributed by atoms with E-state index in [9.17, 15) is 0 Å². The fraction of sp³-hybridized carbons (Fsp3) is 0.533. The molecule has 0 atom stereocenters. The van der Waals surface area contributed by atoms with Gasteiger partial charge in [-0.1, -0.05) is 0 Å². The molecule has 0 aliphatic heterocycles. The van der Waals surface area contributed by atoms with Gasteiger partial charge >= 0.3 is 0 Å². The second-order valence-corrected chi connectivity index (χ2v) is 5.25. The summed E-state index contributed by atoms with van der Waals surface area (Å²) >= 11 is 0. The van der Waals surface area contributed by atoms with E-state index < -0.39 is 0 Å². The van der Waals surface area contributed by atoms with Crippen LogP contribution in [0.3, 0.4) is 0 Å². The highest BCUT2D eigenvalue weighted by molar-refractivity contribution is 5.79. The first-order valence-corrected chi connectivity index (χ1v) is 7.53. The summed E-state index contributed by atoms with van der Waals surface area (Å²) in [5.74, 6) is 0.808. The Kier molecular flexibility index (Phi) is 5.57. The Morgan fingerprint density at radius 3 is 2.73 bits per heavy atom. The smallest absolute Gasteiger partial charge is 0.191 e. The van der Waals surface area contributed by atoms with Gasteiger partial charge in [-0.2, -0.15) is 10.2 Å². The topological polar surface area (TPSA) is 72.1 Å². The molecule has 2 N–H and O–H groups in total. The number of hydrogen-bond donors (Lipinski definition) is 2. The highest BCUT2D eigenvalue weighted by Crippen LogP contribution is 2.10. The number of aliphatic imine (C=N–C) groups is 1. The van der Waals surface area contributed by atoms with Crippen molar-refractivity contribution in [2.24, 2.45) is 12.0 Å². The molecule has 2 heterocycles. The van der Waals surface area contributed by atoms with Crippen LogP contribution in [0.5, 0.6) is 0 Å². The highest BCUT2D eigenvalue weighted by Gasteiger charge is 2.09. The number of rotatable bonds is 6. The molecule has 0 amide bonds. The van der Waals surface area contributed by atoms with Crippen molar-refractivity contribution in [2.75, 3.05) is 13.6 Å². The van der Waals surface area contributed by atoms with Gasteiger partial charge in [0.2, 0.25) is 0 Å². The van der Waals surface area contributed by atoms with Crippen LogP contribution in [0.2, 0.25) is 0 Å². The quantitative estimate of drug-likeness (QED) is 0.474. The molecule has 0 radical (unpaired) electrons. The van der Waals surface area contributed by atoms with Gasteiger partial charge in [0.15, 0.2) is 5.96 Å². The molecule has 2 aromatic heterocycles. The molecule has 120 valence electrons. The predicted octanol–water partition coefficient (Wildman–Crippen LogP) is 0.989. The van der Waals surface area contributed by atoms with Gasteiger partial charge in [0.05, 0.1) is 5.69 Å². The molecule has 0 unspecified atom stereocenters. The molecule has 22 heavy (non-hydrogen) atoms. The first kappa shape index (κ1) is 16.1. The lowest BCUT2D eigenvalue weighted by Gasteiger charge is -2.12. The van der Waals surface area contributed by atoms with Crippen LogP contribution < -0.4 is 10.6 Å². The zero-order valence-electron chi connectivity index (χ0n) is 13.8. The number of aryl methyl sites for hydroxylation is 3. The monoisotopic (exact) mass is 303 g/mol. The van der Waals surface area contributed by atoms with Crippen LogP contribution in [0.15, 0.2) is 23.5 Å². The zero-order chi connectivity index (χ0) is 15.9. The lowest BCUT2D eigenvalue weighted by atomic mass is 10.2. The molecule has 0 saturated carbocycles. The second-order valence-electron chi connectivity index (χ2n) is 5.25. The molecule has 0 bridgehead atoms. The van der Waals surface area contributed by atoms with E-state index in [-0.39, 0.29) is 0 Å². The normalized spacial score (nSPS) is 11.7. The largest absolute Gasteiger partial charge is 0.356 e. The summed E-state index contributed by atoms with van der Waals surface area (Å²) in [6.45, 7) is 6.59. The molecule has 0 fully saturated rings. The maximum absolute atomic E-state index is 4.42. The summed E-state index contributed by atoms with van der Waals surface area (Å²) in [6.07, 6.45) is 4.76. The number of nitrogens with one attached hydrogen (secondary N) is 2. The van der Waals surface area contributed by atoms with Gasteiger partial charge in [0.1, 0.15) is 0 Å². The van der Waals surface area contributed by atoms with Crippen LogP contribution in [-0.2, 0) is 20.1 Å². The third-order valence-corrected chi connectivity index (χ3v) is 3.73. The molecule has 0 aliphatic carbocycles. The number of nitrogens with zero attached hydrogens (tertiary/aromatic N) is 5. The fourth-order valence-corrected chi connectivity index (χ4v) is 2.35. The van der Waals surface area contributed by atoms with Gasteiger partial charge < -0.3 is 10.6 Å². The zero-order valence-corrected chi connectivity index (χ0v) is 13.8. The average Bonchev–Trinajstić information content (AvgIpc) is 3.09. The summed E-state index contributed by atoms with van der Waals surface area (Å²) in [6, 6.07) is 1.94. The minimum absolute atomic E-state index is 0.727. The Morgan fingerprint density at radius 1 is 1.32 bits per heavy atom. The third kappa shape index (κ3) is 4.09. The van der Waals surface area contributed by atoms with Crippen LogP contribution in [-0.4, -0.2) is 39.1 Å². The minimum Gasteiger partial charge on any atom is -0.356 e. The van der Waals surface area contributed by atoms with Crippen molar-refractivity contribution < 1.29 is 0 Å². The van der Waals surface area contributed by atoms with Gasteiger partial charge in [-0.05, 0) is 26.3 Å². The number of aromatic nitrogens is 4. The number of guanidine groups is 1. The second kappa shape index (κ2) is 7.63. The van der Waals surface area contributed by atoms with E-state index in [2.05, 4.69) is 32.7 Å². The standard InChI is InChI=1S/C15H25N7/c1-12-14(13(2)21(4)20-12)11-18-15(16-3)17-7-5-9-22-10-6-8-19-22/h6,8,10H,5,7,9,11H2,1-4H3,(H2,16,17,18). The summed E-state index contributed by atoms with van der Waals surface area (Å²) in [4.78, 5) is 4.25. The Bertz CT molecular complexity index is 610. The van der Waals surface area contributed by atoms with Gasteiger partial charge in [-0.3, -0.25) is 14.4 Å². The van der Waals surface area contributed by atoms with Gasteiger partial charge in [-0.25, -0.2) is 0 Å². The molecule has 2 rings (SSSR count). The summed E-state index contributed by atoms with van der Waals surface area (Å²) in [7, 11) is 3.75. The van der Waals surface area contributed by atoms with E-state index >= 15 is 0 Å². The Morgan fingerprint density at radius 2 is 2.14 bits per heavy atom. The third-order valence-electron chi connectivity index (χ3n) is 3.73. The van der Waals surface area contributed by atoms with Gasteiger partial charge in [0.25, 0.3) is 0 Å². The lowest BCUT2D eigenvalue weighted by Crippen LogP contribution is -2.37. The lowest BCUT2D eigenvalue weighted by molar-refractivity contribution is 0.570. The van der Waals surface area contributed by atoms with Gasteiger partial charge in [-0.15, -0.1) is 0 Å². The first-order valence-electron chi connectivity index (χ1n) is 7.53. The molecule has 7 heteroatoms. The molecule has 0 saturated heterocycles. The van der Waals surface area contributed by atoms with Crippen LogP contribution in [0.1, 0.15) is 23.4 Å². The minimum atomic E-state index is 0.727. The molecule has 2 aromatic rings. The Hall–Kier alpha value is -2.31. The average molecular weight is 303 g/mol. The van der Waals surface area contributed by atoms with E-state index in [0.717, 1.165) is 37.7 Å². The molecular weight excluding hydrogens is 278 g/mol. The van der Waals surface area contributed by atoms with E-state index in [1.807, 2.05) is 35.6 Å². The van der Waals surface area contributed by atoms with Crippen molar-refractivity contribution in [3.05, 3.63) is 35.4 Å². The molecule has 7 nitrogen and oxygen atoms in total. The van der Waals surface area contributed by atoms with Crippen LogP contribution in [0.25, 0.3) is 0 Å². The summed E-state index contributed by atoms with van der Waals surface area (Å²) in [5, 5.41) is 15.3. The number of hydrogen-bond acceptors (Lipinski definition) is 3.